The highest BCUT2D eigenvalue weighted by Gasteiger charge is 2.06. The molecule has 0 radical (unpaired) electrons. The van der Waals surface area contributed by atoms with E-state index >= 15 is 0 Å². The number of anilines is 1. The first-order valence-corrected chi connectivity index (χ1v) is 5.56. The van der Waals surface area contributed by atoms with Gasteiger partial charge in [-0.2, -0.15) is 0 Å². The molecule has 0 fully saturated rings. The smallest absolute Gasteiger partial charge is 0.325 e. The van der Waals surface area contributed by atoms with Crippen molar-refractivity contribution in [3.05, 3.63) is 24.3 Å². The number of carbonyl (C=O) groups is 2. The van der Waals surface area contributed by atoms with Crippen LogP contribution in [0.15, 0.2) is 29.2 Å². The van der Waals surface area contributed by atoms with Gasteiger partial charge in [-0.1, -0.05) is 12.1 Å². The lowest BCUT2D eigenvalue weighted by Crippen LogP contribution is -2.34. The minimum Gasteiger partial charge on any atom is -0.465 e. The van der Waals surface area contributed by atoms with E-state index in [1.165, 1.54) is 0 Å². The summed E-state index contributed by atoms with van der Waals surface area (Å²) in [5.74, 6) is -0.471. The Kier molecular flexibility index (Phi) is 5.35. The van der Waals surface area contributed by atoms with Gasteiger partial charge in [0, 0.05) is 4.90 Å². The number of para-hydroxylation sites is 1. The molecule has 1 rings (SSSR count). The number of ether oxygens (including phenoxy) is 1. The number of esters is 1. The van der Waals surface area contributed by atoms with E-state index in [2.05, 4.69) is 28.0 Å². The van der Waals surface area contributed by atoms with E-state index in [1.807, 2.05) is 6.07 Å². The van der Waals surface area contributed by atoms with Gasteiger partial charge in [0.25, 0.3) is 0 Å². The molecule has 1 aromatic rings. The van der Waals surface area contributed by atoms with Crippen molar-refractivity contribution < 1.29 is 14.3 Å². The number of urea groups is 1. The monoisotopic (exact) mass is 254 g/mol. The fourth-order valence-electron chi connectivity index (χ4n) is 1.11. The summed E-state index contributed by atoms with van der Waals surface area (Å²) in [6, 6.07) is 6.58. The second kappa shape index (κ2) is 6.80. The zero-order valence-electron chi connectivity index (χ0n) is 9.40. The van der Waals surface area contributed by atoms with E-state index in [-0.39, 0.29) is 6.54 Å². The molecule has 6 heteroatoms. The summed E-state index contributed by atoms with van der Waals surface area (Å²) in [5, 5.41) is 4.96. The van der Waals surface area contributed by atoms with Gasteiger partial charge < -0.3 is 15.4 Å². The highest BCUT2D eigenvalue weighted by atomic mass is 32.1. The van der Waals surface area contributed by atoms with Gasteiger partial charge in [0.05, 0.1) is 12.3 Å². The highest BCUT2D eigenvalue weighted by Crippen LogP contribution is 2.17. The fraction of sp³-hybridized carbons (Fsp3) is 0.273. The minimum absolute atomic E-state index is 0.158. The van der Waals surface area contributed by atoms with Crippen molar-refractivity contribution >= 4 is 30.3 Å². The standard InChI is InChI=1S/C11H14N2O3S/c1-2-16-10(14)7-12-11(15)13-8-5-3-4-6-9(8)17/h3-6,17H,2,7H2,1H3,(H2,12,13,15). The average Bonchev–Trinajstić information content (AvgIpc) is 2.30. The molecule has 0 saturated heterocycles. The summed E-state index contributed by atoms with van der Waals surface area (Å²) in [6.45, 7) is 1.84. The maximum Gasteiger partial charge on any atom is 0.325 e. The van der Waals surface area contributed by atoms with Crippen molar-refractivity contribution in [1.29, 1.82) is 0 Å². The normalized spacial score (nSPS) is 9.53. The molecule has 0 heterocycles. The van der Waals surface area contributed by atoms with Gasteiger partial charge in [-0.05, 0) is 19.1 Å². The highest BCUT2D eigenvalue weighted by molar-refractivity contribution is 7.80. The van der Waals surface area contributed by atoms with Crippen LogP contribution in [0.3, 0.4) is 0 Å². The van der Waals surface area contributed by atoms with Gasteiger partial charge in [0.15, 0.2) is 0 Å². The van der Waals surface area contributed by atoms with Crippen LogP contribution in [0.5, 0.6) is 0 Å². The van der Waals surface area contributed by atoms with Crippen LogP contribution in [0.4, 0.5) is 10.5 Å². The molecule has 0 aliphatic carbocycles. The predicted molar refractivity (Wildman–Crippen MR) is 67.3 cm³/mol. The summed E-state index contributed by atoms with van der Waals surface area (Å²) >= 11 is 4.18. The molecule has 0 aliphatic rings. The maximum atomic E-state index is 11.4. The number of thiol groups is 1. The van der Waals surface area contributed by atoms with Gasteiger partial charge in [-0.15, -0.1) is 12.6 Å². The molecule has 0 aromatic heterocycles. The van der Waals surface area contributed by atoms with Crippen LogP contribution in [-0.2, 0) is 9.53 Å². The predicted octanol–water partition coefficient (Wildman–Crippen LogP) is 1.66. The first-order valence-electron chi connectivity index (χ1n) is 5.12. The number of carbonyl (C=O) groups excluding carboxylic acids is 2. The van der Waals surface area contributed by atoms with E-state index in [9.17, 15) is 9.59 Å². The zero-order valence-corrected chi connectivity index (χ0v) is 10.3. The third-order valence-electron chi connectivity index (χ3n) is 1.85. The second-order valence-electron chi connectivity index (χ2n) is 3.13. The molecule has 5 nitrogen and oxygen atoms in total. The lowest BCUT2D eigenvalue weighted by molar-refractivity contribution is -0.141. The van der Waals surface area contributed by atoms with Crippen LogP contribution >= 0.6 is 12.6 Å². The number of hydrogen-bond donors (Lipinski definition) is 3. The third kappa shape index (κ3) is 4.78. The van der Waals surface area contributed by atoms with E-state index in [1.54, 1.807) is 25.1 Å². The molecule has 0 atom stereocenters. The number of benzene rings is 1. The van der Waals surface area contributed by atoms with Crippen LogP contribution < -0.4 is 10.6 Å². The number of rotatable bonds is 4. The van der Waals surface area contributed by atoms with Gasteiger partial charge in [0.2, 0.25) is 0 Å². The van der Waals surface area contributed by atoms with Gasteiger partial charge >= 0.3 is 12.0 Å². The summed E-state index contributed by atoms with van der Waals surface area (Å²) < 4.78 is 4.67. The lowest BCUT2D eigenvalue weighted by atomic mass is 10.3. The topological polar surface area (TPSA) is 67.4 Å². The molecule has 1 aromatic carbocycles. The molecule has 0 spiro atoms. The van der Waals surface area contributed by atoms with Crippen LogP contribution in [0, 0.1) is 0 Å². The summed E-state index contributed by atoms with van der Waals surface area (Å²) in [4.78, 5) is 23.0. The third-order valence-corrected chi connectivity index (χ3v) is 2.24. The molecule has 2 amide bonds. The Morgan fingerprint density at radius 1 is 1.35 bits per heavy atom. The minimum atomic E-state index is -0.473. The van der Waals surface area contributed by atoms with Crippen molar-refractivity contribution in [1.82, 2.24) is 5.32 Å². The Morgan fingerprint density at radius 3 is 2.71 bits per heavy atom. The second-order valence-corrected chi connectivity index (χ2v) is 3.61. The first kappa shape index (κ1) is 13.4. The van der Waals surface area contributed by atoms with Crippen LogP contribution in [-0.4, -0.2) is 25.2 Å². The first-order chi connectivity index (χ1) is 8.13. The fourth-order valence-corrected chi connectivity index (χ4v) is 1.33. The van der Waals surface area contributed by atoms with Crippen LogP contribution in [0.25, 0.3) is 0 Å². The van der Waals surface area contributed by atoms with Crippen molar-refractivity contribution in [2.75, 3.05) is 18.5 Å². The summed E-state index contributed by atoms with van der Waals surface area (Å²) in [6.07, 6.45) is 0. The Labute approximate surface area is 105 Å². The molecule has 0 bridgehead atoms. The van der Waals surface area contributed by atoms with E-state index in [0.717, 1.165) is 0 Å². The maximum absolute atomic E-state index is 11.4. The largest absolute Gasteiger partial charge is 0.465 e. The average molecular weight is 254 g/mol. The van der Waals surface area contributed by atoms with Crippen molar-refractivity contribution in [3.63, 3.8) is 0 Å². The quantitative estimate of drug-likeness (QED) is 0.565. The number of hydrogen-bond acceptors (Lipinski definition) is 4. The Morgan fingerprint density at radius 2 is 2.06 bits per heavy atom. The Bertz CT molecular complexity index is 409. The molecule has 2 N–H and O–H groups in total. The van der Waals surface area contributed by atoms with E-state index < -0.39 is 12.0 Å². The van der Waals surface area contributed by atoms with Crippen LogP contribution in [0.1, 0.15) is 6.92 Å². The summed E-state index contributed by atoms with van der Waals surface area (Å²) in [7, 11) is 0. The summed E-state index contributed by atoms with van der Waals surface area (Å²) in [5.41, 5.74) is 0.581. The molecule has 17 heavy (non-hydrogen) atoms. The Hall–Kier alpha value is -1.69. The van der Waals surface area contributed by atoms with E-state index in [0.29, 0.717) is 17.2 Å². The van der Waals surface area contributed by atoms with Gasteiger partial charge in [0.1, 0.15) is 6.54 Å². The SMILES string of the molecule is CCOC(=O)CNC(=O)Nc1ccccc1S. The zero-order chi connectivity index (χ0) is 12.7. The van der Waals surface area contributed by atoms with Crippen molar-refractivity contribution in [3.8, 4) is 0 Å². The molecular weight excluding hydrogens is 240 g/mol. The molecular formula is C11H14N2O3S. The van der Waals surface area contributed by atoms with Gasteiger partial charge in [-0.3, -0.25) is 4.79 Å². The van der Waals surface area contributed by atoms with E-state index in [4.69, 9.17) is 0 Å². The molecule has 92 valence electrons. The van der Waals surface area contributed by atoms with Crippen molar-refractivity contribution in [2.45, 2.75) is 11.8 Å². The lowest BCUT2D eigenvalue weighted by Gasteiger charge is -2.08. The van der Waals surface area contributed by atoms with Crippen LogP contribution in [0.2, 0.25) is 0 Å². The molecule has 0 saturated carbocycles. The molecule has 0 unspecified atom stereocenters. The molecule has 0 aliphatic heterocycles. The number of amides is 2. The van der Waals surface area contributed by atoms with Gasteiger partial charge in [-0.25, -0.2) is 4.79 Å². The Balaban J connectivity index is 2.40. The number of nitrogens with one attached hydrogen (secondary N) is 2. The van der Waals surface area contributed by atoms with Crippen molar-refractivity contribution in [2.24, 2.45) is 0 Å².